The zero-order valence-electron chi connectivity index (χ0n) is 10.4. The Hall–Kier alpha value is -0.190. The van der Waals surface area contributed by atoms with Crippen LogP contribution >= 0.6 is 27.7 Å². The molecule has 0 bridgehead atoms. The van der Waals surface area contributed by atoms with E-state index in [-0.39, 0.29) is 6.04 Å². The van der Waals surface area contributed by atoms with E-state index in [1.165, 1.54) is 5.56 Å². The summed E-state index contributed by atoms with van der Waals surface area (Å²) in [6.07, 6.45) is 3.96. The van der Waals surface area contributed by atoms with E-state index in [0.29, 0.717) is 0 Å². The third-order valence-corrected chi connectivity index (χ3v) is 3.93. The van der Waals surface area contributed by atoms with Crippen LogP contribution in [0, 0.1) is 0 Å². The minimum Gasteiger partial charge on any atom is -0.493 e. The average molecular weight is 318 g/mol. The number of hydrogen-bond acceptors (Lipinski definition) is 3. The van der Waals surface area contributed by atoms with Gasteiger partial charge in [-0.1, -0.05) is 22.9 Å². The summed E-state index contributed by atoms with van der Waals surface area (Å²) in [7, 11) is 0. The minimum atomic E-state index is 0.216. The van der Waals surface area contributed by atoms with Crippen LogP contribution in [0.25, 0.3) is 0 Å². The van der Waals surface area contributed by atoms with E-state index in [2.05, 4.69) is 35.2 Å². The molecular weight excluding hydrogens is 298 g/mol. The monoisotopic (exact) mass is 317 g/mol. The van der Waals surface area contributed by atoms with Gasteiger partial charge in [-0.05, 0) is 42.9 Å². The molecule has 0 heterocycles. The maximum atomic E-state index is 5.98. The molecule has 0 radical (unpaired) electrons. The summed E-state index contributed by atoms with van der Waals surface area (Å²) in [4.78, 5) is 0. The molecule has 0 aromatic heterocycles. The number of thioether (sulfide) groups is 1. The van der Waals surface area contributed by atoms with Crippen LogP contribution in [0.2, 0.25) is 0 Å². The summed E-state index contributed by atoms with van der Waals surface area (Å²) in [5.74, 6) is 1.94. The maximum absolute atomic E-state index is 5.98. The van der Waals surface area contributed by atoms with Gasteiger partial charge in [0, 0.05) is 16.3 Å². The van der Waals surface area contributed by atoms with Crippen LogP contribution in [-0.2, 0) is 6.42 Å². The Kier molecular flexibility index (Phi) is 7.00. The Bertz CT molecular complexity index is 346. The third kappa shape index (κ3) is 5.32. The molecule has 0 aliphatic carbocycles. The van der Waals surface area contributed by atoms with Crippen molar-refractivity contribution in [1.82, 2.24) is 0 Å². The van der Waals surface area contributed by atoms with E-state index in [4.69, 9.17) is 10.5 Å². The molecule has 0 aliphatic heterocycles. The normalized spacial score (nSPS) is 12.5. The van der Waals surface area contributed by atoms with Crippen LogP contribution in [0.15, 0.2) is 22.7 Å². The van der Waals surface area contributed by atoms with Crippen molar-refractivity contribution in [3.8, 4) is 5.75 Å². The van der Waals surface area contributed by atoms with Crippen molar-refractivity contribution in [2.24, 2.45) is 5.73 Å². The molecule has 17 heavy (non-hydrogen) atoms. The van der Waals surface area contributed by atoms with E-state index in [1.54, 1.807) is 11.8 Å². The molecule has 2 nitrogen and oxygen atoms in total. The van der Waals surface area contributed by atoms with Crippen LogP contribution < -0.4 is 10.5 Å². The predicted molar refractivity (Wildman–Crippen MR) is 80.0 cm³/mol. The van der Waals surface area contributed by atoms with Gasteiger partial charge < -0.3 is 10.5 Å². The molecule has 1 rings (SSSR count). The smallest absolute Gasteiger partial charge is 0.119 e. The van der Waals surface area contributed by atoms with Gasteiger partial charge in [0.25, 0.3) is 0 Å². The first-order valence-corrected chi connectivity index (χ1v) is 8.01. The molecule has 4 heteroatoms. The SMILES string of the molecule is CCC(N)Cc1cc(OCCSC)ccc1Br. The average Bonchev–Trinajstić information content (AvgIpc) is 2.33. The first-order valence-electron chi connectivity index (χ1n) is 5.83. The number of halogens is 1. The zero-order chi connectivity index (χ0) is 12.7. The van der Waals surface area contributed by atoms with E-state index in [0.717, 1.165) is 35.4 Å². The van der Waals surface area contributed by atoms with Crippen LogP contribution in [0.3, 0.4) is 0 Å². The molecule has 1 aromatic rings. The van der Waals surface area contributed by atoms with Crippen LogP contribution in [0.4, 0.5) is 0 Å². The lowest BCUT2D eigenvalue weighted by Gasteiger charge is -2.12. The molecule has 2 N–H and O–H groups in total. The van der Waals surface area contributed by atoms with Gasteiger partial charge in [-0.15, -0.1) is 0 Å². The lowest BCUT2D eigenvalue weighted by atomic mass is 10.0. The molecule has 1 atom stereocenters. The van der Waals surface area contributed by atoms with Crippen molar-refractivity contribution >= 4 is 27.7 Å². The Balaban J connectivity index is 2.65. The zero-order valence-corrected chi connectivity index (χ0v) is 12.8. The van der Waals surface area contributed by atoms with E-state index in [9.17, 15) is 0 Å². The van der Waals surface area contributed by atoms with Gasteiger partial charge in [0.15, 0.2) is 0 Å². The molecule has 0 amide bonds. The molecular formula is C13H20BrNOS. The Morgan fingerprint density at radius 2 is 2.24 bits per heavy atom. The predicted octanol–water partition coefficient (Wildman–Crippen LogP) is 3.47. The van der Waals surface area contributed by atoms with E-state index in [1.807, 2.05) is 12.1 Å². The molecule has 0 aliphatic rings. The number of nitrogens with two attached hydrogens (primary N) is 1. The Morgan fingerprint density at radius 1 is 1.47 bits per heavy atom. The fraction of sp³-hybridized carbons (Fsp3) is 0.538. The topological polar surface area (TPSA) is 35.2 Å². The van der Waals surface area contributed by atoms with E-state index < -0.39 is 0 Å². The fourth-order valence-corrected chi connectivity index (χ4v) is 2.13. The number of hydrogen-bond donors (Lipinski definition) is 1. The van der Waals surface area contributed by atoms with Gasteiger partial charge in [-0.3, -0.25) is 0 Å². The largest absolute Gasteiger partial charge is 0.493 e. The summed E-state index contributed by atoms with van der Waals surface area (Å²) >= 11 is 5.34. The van der Waals surface area contributed by atoms with Gasteiger partial charge in [0.05, 0.1) is 6.61 Å². The summed E-state index contributed by atoms with van der Waals surface area (Å²) in [6, 6.07) is 6.32. The highest BCUT2D eigenvalue weighted by molar-refractivity contribution is 9.10. The van der Waals surface area contributed by atoms with Crippen LogP contribution in [0.1, 0.15) is 18.9 Å². The molecule has 0 spiro atoms. The summed E-state index contributed by atoms with van der Waals surface area (Å²) in [5.41, 5.74) is 7.20. The minimum absolute atomic E-state index is 0.216. The van der Waals surface area contributed by atoms with Crippen molar-refractivity contribution in [3.63, 3.8) is 0 Å². The first kappa shape index (κ1) is 14.9. The van der Waals surface area contributed by atoms with Crippen molar-refractivity contribution < 1.29 is 4.74 Å². The summed E-state index contributed by atoms with van der Waals surface area (Å²) in [6.45, 7) is 2.86. The maximum Gasteiger partial charge on any atom is 0.119 e. The standard InChI is InChI=1S/C13H20BrNOS/c1-3-11(15)8-10-9-12(4-5-13(10)14)16-6-7-17-2/h4-5,9,11H,3,6-8,15H2,1-2H3. The highest BCUT2D eigenvalue weighted by Gasteiger charge is 2.07. The van der Waals surface area contributed by atoms with Crippen molar-refractivity contribution in [1.29, 1.82) is 0 Å². The Labute approximate surface area is 116 Å². The lowest BCUT2D eigenvalue weighted by Crippen LogP contribution is -2.21. The highest BCUT2D eigenvalue weighted by atomic mass is 79.9. The Morgan fingerprint density at radius 3 is 2.88 bits per heavy atom. The highest BCUT2D eigenvalue weighted by Crippen LogP contribution is 2.24. The molecule has 0 saturated carbocycles. The molecule has 1 unspecified atom stereocenters. The lowest BCUT2D eigenvalue weighted by molar-refractivity contribution is 0.343. The second-order valence-corrected chi connectivity index (χ2v) is 5.81. The van der Waals surface area contributed by atoms with Gasteiger partial charge >= 0.3 is 0 Å². The van der Waals surface area contributed by atoms with Crippen molar-refractivity contribution in [2.75, 3.05) is 18.6 Å². The number of ether oxygens (including phenoxy) is 1. The number of benzene rings is 1. The van der Waals surface area contributed by atoms with Crippen molar-refractivity contribution in [3.05, 3.63) is 28.2 Å². The second kappa shape index (κ2) is 8.01. The second-order valence-electron chi connectivity index (χ2n) is 3.97. The molecule has 0 fully saturated rings. The van der Waals surface area contributed by atoms with Gasteiger partial charge in [0.1, 0.15) is 5.75 Å². The first-order chi connectivity index (χ1) is 8.17. The van der Waals surface area contributed by atoms with Crippen LogP contribution in [0.5, 0.6) is 5.75 Å². The van der Waals surface area contributed by atoms with E-state index >= 15 is 0 Å². The quantitative estimate of drug-likeness (QED) is 0.782. The van der Waals surface area contributed by atoms with Gasteiger partial charge in [-0.2, -0.15) is 11.8 Å². The van der Waals surface area contributed by atoms with Gasteiger partial charge in [0.2, 0.25) is 0 Å². The fourth-order valence-electron chi connectivity index (χ4n) is 1.47. The molecule has 1 aromatic carbocycles. The number of rotatable bonds is 7. The third-order valence-electron chi connectivity index (χ3n) is 2.58. The summed E-state index contributed by atoms with van der Waals surface area (Å²) < 4.78 is 6.78. The van der Waals surface area contributed by atoms with Crippen LogP contribution in [-0.4, -0.2) is 24.7 Å². The van der Waals surface area contributed by atoms with Crippen molar-refractivity contribution in [2.45, 2.75) is 25.8 Å². The van der Waals surface area contributed by atoms with Gasteiger partial charge in [-0.25, -0.2) is 0 Å². The molecule has 96 valence electrons. The summed E-state index contributed by atoms with van der Waals surface area (Å²) in [5, 5.41) is 0. The molecule has 0 saturated heterocycles.